The number of ketones is 1. The van der Waals surface area contributed by atoms with E-state index in [1.165, 1.54) is 12.8 Å². The smallest absolute Gasteiger partial charge is 0.141 e. The normalized spacial score (nSPS) is 34.3. The van der Waals surface area contributed by atoms with Crippen molar-refractivity contribution in [3.63, 3.8) is 0 Å². The highest BCUT2D eigenvalue weighted by Gasteiger charge is 2.35. The second-order valence-corrected chi connectivity index (χ2v) is 7.23. The molecule has 104 valence electrons. The van der Waals surface area contributed by atoms with Crippen LogP contribution < -0.4 is 0 Å². The third-order valence-corrected chi connectivity index (χ3v) is 4.92. The lowest BCUT2D eigenvalue weighted by Crippen LogP contribution is -2.34. The zero-order valence-electron chi connectivity index (χ0n) is 12.2. The molecule has 2 aliphatic rings. The van der Waals surface area contributed by atoms with Crippen LogP contribution in [-0.2, 0) is 9.53 Å². The van der Waals surface area contributed by atoms with E-state index in [9.17, 15) is 4.79 Å². The van der Waals surface area contributed by atoms with E-state index < -0.39 is 0 Å². The van der Waals surface area contributed by atoms with Crippen molar-refractivity contribution in [2.75, 3.05) is 13.2 Å². The van der Waals surface area contributed by atoms with Crippen molar-refractivity contribution in [2.24, 2.45) is 23.2 Å². The predicted octanol–water partition coefficient (Wildman–Crippen LogP) is 3.83. The minimum atomic E-state index is 0.204. The van der Waals surface area contributed by atoms with Crippen molar-refractivity contribution in [2.45, 2.75) is 59.3 Å². The van der Waals surface area contributed by atoms with Crippen molar-refractivity contribution >= 4 is 5.78 Å². The molecule has 2 nitrogen and oxygen atoms in total. The number of ether oxygens (including phenoxy) is 1. The Balaban J connectivity index is 1.83. The van der Waals surface area contributed by atoms with E-state index in [2.05, 4.69) is 20.8 Å². The van der Waals surface area contributed by atoms with E-state index >= 15 is 0 Å². The molecule has 1 heterocycles. The van der Waals surface area contributed by atoms with Crippen molar-refractivity contribution in [3.05, 3.63) is 0 Å². The van der Waals surface area contributed by atoms with Gasteiger partial charge in [-0.15, -0.1) is 0 Å². The number of carbonyl (C=O) groups is 1. The molecule has 0 aromatic heterocycles. The van der Waals surface area contributed by atoms with Crippen LogP contribution >= 0.6 is 0 Å². The molecule has 0 spiro atoms. The lowest BCUT2D eigenvalue weighted by atomic mass is 9.68. The third-order valence-electron chi connectivity index (χ3n) is 4.92. The van der Waals surface area contributed by atoms with Gasteiger partial charge in [-0.3, -0.25) is 4.79 Å². The molecule has 2 rings (SSSR count). The Morgan fingerprint density at radius 2 is 1.67 bits per heavy atom. The van der Waals surface area contributed by atoms with Crippen molar-refractivity contribution < 1.29 is 9.53 Å². The maximum absolute atomic E-state index is 12.4. The Labute approximate surface area is 111 Å². The molecule has 0 radical (unpaired) electrons. The van der Waals surface area contributed by atoms with Gasteiger partial charge in [0, 0.05) is 18.4 Å². The van der Waals surface area contributed by atoms with Crippen LogP contribution in [0, 0.1) is 23.2 Å². The lowest BCUT2D eigenvalue weighted by Gasteiger charge is -2.37. The average molecular weight is 252 g/mol. The molecule has 1 saturated heterocycles. The largest absolute Gasteiger partial charge is 0.381 e. The van der Waals surface area contributed by atoms with E-state index in [1.807, 2.05) is 0 Å². The molecule has 1 aliphatic heterocycles. The molecular weight excluding hydrogens is 224 g/mol. The molecule has 0 aromatic carbocycles. The van der Waals surface area contributed by atoms with Crippen LogP contribution in [0.1, 0.15) is 59.3 Å². The van der Waals surface area contributed by atoms with Gasteiger partial charge in [0.1, 0.15) is 5.78 Å². The van der Waals surface area contributed by atoms with Crippen molar-refractivity contribution in [3.8, 4) is 0 Å². The summed E-state index contributed by atoms with van der Waals surface area (Å²) in [5.41, 5.74) is 0.405. The first kappa shape index (κ1) is 14.0. The van der Waals surface area contributed by atoms with Gasteiger partial charge in [-0.1, -0.05) is 20.8 Å². The number of rotatable bonds is 2. The topological polar surface area (TPSA) is 26.3 Å². The summed E-state index contributed by atoms with van der Waals surface area (Å²) in [7, 11) is 0. The van der Waals surface area contributed by atoms with Crippen LogP contribution in [-0.4, -0.2) is 19.0 Å². The average Bonchev–Trinajstić information content (AvgIpc) is 2.38. The third kappa shape index (κ3) is 3.34. The minimum absolute atomic E-state index is 0.204. The summed E-state index contributed by atoms with van der Waals surface area (Å²) >= 11 is 0. The summed E-state index contributed by atoms with van der Waals surface area (Å²) in [5, 5.41) is 0. The lowest BCUT2D eigenvalue weighted by molar-refractivity contribution is -0.132. The molecular formula is C16H28O2. The van der Waals surface area contributed by atoms with Gasteiger partial charge in [-0.25, -0.2) is 0 Å². The maximum atomic E-state index is 12.4. The van der Waals surface area contributed by atoms with E-state index in [1.54, 1.807) is 0 Å². The highest BCUT2D eigenvalue weighted by atomic mass is 16.5. The van der Waals surface area contributed by atoms with Gasteiger partial charge in [0.05, 0.1) is 6.61 Å². The summed E-state index contributed by atoms with van der Waals surface area (Å²) in [4.78, 5) is 12.4. The Morgan fingerprint density at radius 1 is 1.00 bits per heavy atom. The molecule has 0 bridgehead atoms. The molecule has 1 atom stereocenters. The fraction of sp³-hybridized carbons (Fsp3) is 0.938. The van der Waals surface area contributed by atoms with Gasteiger partial charge >= 0.3 is 0 Å². The minimum Gasteiger partial charge on any atom is -0.381 e. The SMILES string of the molecule is CC(C)(C)C1CCC(C(=O)C2CCCOC2)CC1. The zero-order valence-corrected chi connectivity index (χ0v) is 12.2. The van der Waals surface area contributed by atoms with Crippen LogP contribution in [0.15, 0.2) is 0 Å². The van der Waals surface area contributed by atoms with Crippen molar-refractivity contribution in [1.82, 2.24) is 0 Å². The fourth-order valence-corrected chi connectivity index (χ4v) is 3.54. The zero-order chi connectivity index (χ0) is 13.2. The van der Waals surface area contributed by atoms with E-state index in [4.69, 9.17) is 4.74 Å². The van der Waals surface area contributed by atoms with Gasteiger partial charge in [0.25, 0.3) is 0 Å². The number of Topliss-reactive ketones (excluding diaryl/α,β-unsaturated/α-hetero) is 1. The maximum Gasteiger partial charge on any atom is 0.141 e. The first-order chi connectivity index (χ1) is 8.48. The highest BCUT2D eigenvalue weighted by Crippen LogP contribution is 2.41. The monoisotopic (exact) mass is 252 g/mol. The summed E-state index contributed by atoms with van der Waals surface area (Å²) in [5.74, 6) is 1.83. The molecule has 1 unspecified atom stereocenters. The molecule has 1 aliphatic carbocycles. The molecule has 18 heavy (non-hydrogen) atoms. The Hall–Kier alpha value is -0.370. The van der Waals surface area contributed by atoms with E-state index in [0.29, 0.717) is 23.7 Å². The number of hydrogen-bond acceptors (Lipinski definition) is 2. The van der Waals surface area contributed by atoms with Gasteiger partial charge < -0.3 is 4.74 Å². The summed E-state index contributed by atoms with van der Waals surface area (Å²) < 4.78 is 5.45. The van der Waals surface area contributed by atoms with E-state index in [-0.39, 0.29) is 5.92 Å². The molecule has 1 saturated carbocycles. The van der Waals surface area contributed by atoms with Gasteiger partial charge in [-0.05, 0) is 49.9 Å². The summed E-state index contributed by atoms with van der Waals surface area (Å²) in [6, 6.07) is 0. The van der Waals surface area contributed by atoms with E-state index in [0.717, 1.165) is 38.2 Å². The number of carbonyl (C=O) groups excluding carboxylic acids is 1. The van der Waals surface area contributed by atoms with Crippen molar-refractivity contribution in [1.29, 1.82) is 0 Å². The Kier molecular flexibility index (Phi) is 4.47. The quantitative estimate of drug-likeness (QED) is 0.746. The second-order valence-electron chi connectivity index (χ2n) is 7.23. The molecule has 2 heteroatoms. The van der Waals surface area contributed by atoms with Crippen LogP contribution in [0.2, 0.25) is 0 Å². The predicted molar refractivity (Wildman–Crippen MR) is 73.5 cm³/mol. The molecule has 2 fully saturated rings. The summed E-state index contributed by atoms with van der Waals surface area (Å²) in [6.45, 7) is 8.51. The second kappa shape index (κ2) is 5.73. The van der Waals surface area contributed by atoms with Crippen LogP contribution in [0.3, 0.4) is 0 Å². The fourth-order valence-electron chi connectivity index (χ4n) is 3.54. The van der Waals surface area contributed by atoms with Gasteiger partial charge in [-0.2, -0.15) is 0 Å². The molecule has 0 aromatic rings. The summed E-state index contributed by atoms with van der Waals surface area (Å²) in [6.07, 6.45) is 6.79. The standard InChI is InChI=1S/C16H28O2/c1-16(2,3)14-8-6-12(7-9-14)15(17)13-5-4-10-18-11-13/h12-14H,4-11H2,1-3H3. The molecule has 0 amide bonds. The van der Waals surface area contributed by atoms with Gasteiger partial charge in [0.2, 0.25) is 0 Å². The Morgan fingerprint density at radius 3 is 2.17 bits per heavy atom. The molecule has 0 N–H and O–H groups in total. The van der Waals surface area contributed by atoms with Crippen LogP contribution in [0.4, 0.5) is 0 Å². The van der Waals surface area contributed by atoms with Crippen LogP contribution in [0.25, 0.3) is 0 Å². The van der Waals surface area contributed by atoms with Crippen LogP contribution in [0.5, 0.6) is 0 Å². The first-order valence-corrected chi connectivity index (χ1v) is 7.60. The highest BCUT2D eigenvalue weighted by molar-refractivity contribution is 5.83. The Bertz CT molecular complexity index is 276. The number of hydrogen-bond donors (Lipinski definition) is 0. The first-order valence-electron chi connectivity index (χ1n) is 7.60. The van der Waals surface area contributed by atoms with Gasteiger partial charge in [0.15, 0.2) is 0 Å².